The fourth-order valence-electron chi connectivity index (χ4n) is 3.43. The van der Waals surface area contributed by atoms with Crippen LogP contribution in [0.1, 0.15) is 12.5 Å². The zero-order valence-electron chi connectivity index (χ0n) is 14.4. The van der Waals surface area contributed by atoms with E-state index in [1.165, 1.54) is 33.4 Å². The lowest BCUT2D eigenvalue weighted by Gasteiger charge is -2.27. The Morgan fingerprint density at radius 2 is 1.08 bits per heavy atom. The molecule has 0 N–H and O–H groups in total. The van der Waals surface area contributed by atoms with Crippen LogP contribution in [0, 0.1) is 0 Å². The molecule has 4 aromatic carbocycles. The third-order valence-corrected chi connectivity index (χ3v) is 4.64. The molecule has 0 spiro atoms. The minimum atomic E-state index is 1.04. The smallest absolute Gasteiger partial charge is 0.0540 e. The summed E-state index contributed by atoms with van der Waals surface area (Å²) in [4.78, 5) is 2.34. The maximum atomic E-state index is 2.34. The highest BCUT2D eigenvalue weighted by molar-refractivity contribution is 6.00. The molecular formula is C24H21N. The molecule has 0 unspecified atom stereocenters. The molecule has 4 rings (SSSR count). The van der Waals surface area contributed by atoms with Crippen molar-refractivity contribution in [3.05, 3.63) is 103 Å². The van der Waals surface area contributed by atoms with Gasteiger partial charge in [-0.2, -0.15) is 0 Å². The van der Waals surface area contributed by atoms with Crippen LogP contribution in [-0.2, 0) is 6.42 Å². The first-order chi connectivity index (χ1) is 12.4. The molecule has 0 aromatic heterocycles. The Morgan fingerprint density at radius 3 is 1.64 bits per heavy atom. The van der Waals surface area contributed by atoms with Crippen molar-refractivity contribution in [2.75, 3.05) is 4.90 Å². The van der Waals surface area contributed by atoms with Crippen LogP contribution >= 0.6 is 0 Å². The largest absolute Gasteiger partial charge is 0.310 e. The average Bonchev–Trinajstić information content (AvgIpc) is 2.70. The summed E-state index contributed by atoms with van der Waals surface area (Å²) in [5, 5.41) is 2.62. The molecule has 0 bridgehead atoms. The highest BCUT2D eigenvalue weighted by Gasteiger charge is 2.15. The predicted octanol–water partition coefficient (Wildman–Crippen LogP) is 6.87. The molecule has 1 heteroatoms. The highest BCUT2D eigenvalue weighted by Crippen LogP contribution is 2.39. The normalized spacial score (nSPS) is 10.8. The summed E-state index contributed by atoms with van der Waals surface area (Å²) in [5.74, 6) is 0. The second-order valence-corrected chi connectivity index (χ2v) is 6.15. The summed E-state index contributed by atoms with van der Waals surface area (Å²) in [6.07, 6.45) is 1.04. The van der Waals surface area contributed by atoms with Crippen LogP contribution in [-0.4, -0.2) is 0 Å². The van der Waals surface area contributed by atoms with E-state index in [0.29, 0.717) is 0 Å². The molecule has 1 nitrogen and oxygen atoms in total. The fourth-order valence-corrected chi connectivity index (χ4v) is 3.43. The molecular weight excluding hydrogens is 302 g/mol. The Bertz CT molecular complexity index is 935. The summed E-state index contributed by atoms with van der Waals surface area (Å²) < 4.78 is 0. The topological polar surface area (TPSA) is 3.24 Å². The monoisotopic (exact) mass is 323 g/mol. The van der Waals surface area contributed by atoms with Crippen molar-refractivity contribution in [3.63, 3.8) is 0 Å². The molecule has 0 aliphatic heterocycles. The van der Waals surface area contributed by atoms with Gasteiger partial charge < -0.3 is 4.90 Å². The molecule has 0 aliphatic carbocycles. The van der Waals surface area contributed by atoms with Gasteiger partial charge in [0.05, 0.1) is 5.69 Å². The lowest BCUT2D eigenvalue weighted by atomic mass is 10.00. The Balaban J connectivity index is 1.99. The van der Waals surface area contributed by atoms with E-state index in [9.17, 15) is 0 Å². The number of benzene rings is 4. The van der Waals surface area contributed by atoms with E-state index in [2.05, 4.69) is 109 Å². The molecule has 0 amide bonds. The van der Waals surface area contributed by atoms with Crippen LogP contribution in [0.4, 0.5) is 17.1 Å². The van der Waals surface area contributed by atoms with Gasteiger partial charge in [-0.05, 0) is 47.7 Å². The number of hydrogen-bond donors (Lipinski definition) is 0. The first-order valence-corrected chi connectivity index (χ1v) is 8.79. The van der Waals surface area contributed by atoms with Crippen molar-refractivity contribution in [2.45, 2.75) is 13.3 Å². The van der Waals surface area contributed by atoms with E-state index in [1.54, 1.807) is 0 Å². The predicted molar refractivity (Wildman–Crippen MR) is 108 cm³/mol. The molecule has 0 saturated carbocycles. The van der Waals surface area contributed by atoms with E-state index >= 15 is 0 Å². The zero-order valence-corrected chi connectivity index (χ0v) is 14.4. The van der Waals surface area contributed by atoms with Gasteiger partial charge in [-0.1, -0.05) is 73.7 Å². The summed E-state index contributed by atoms with van der Waals surface area (Å²) in [6, 6.07) is 34.3. The Morgan fingerprint density at radius 1 is 0.560 bits per heavy atom. The van der Waals surface area contributed by atoms with Crippen LogP contribution in [0.25, 0.3) is 10.8 Å². The molecule has 0 atom stereocenters. The minimum Gasteiger partial charge on any atom is -0.310 e. The van der Waals surface area contributed by atoms with Crippen LogP contribution in [0.2, 0.25) is 0 Å². The van der Waals surface area contributed by atoms with Gasteiger partial charge in [0.15, 0.2) is 0 Å². The quantitative estimate of drug-likeness (QED) is 0.396. The van der Waals surface area contributed by atoms with Gasteiger partial charge in [-0.25, -0.2) is 0 Å². The van der Waals surface area contributed by atoms with Gasteiger partial charge in [-0.3, -0.25) is 0 Å². The van der Waals surface area contributed by atoms with E-state index in [-0.39, 0.29) is 0 Å². The van der Waals surface area contributed by atoms with Crippen molar-refractivity contribution in [2.24, 2.45) is 0 Å². The first-order valence-electron chi connectivity index (χ1n) is 8.79. The number of para-hydroxylation sites is 2. The summed E-state index contributed by atoms with van der Waals surface area (Å²) in [5.41, 5.74) is 4.94. The first kappa shape index (κ1) is 15.5. The number of hydrogen-bond acceptors (Lipinski definition) is 1. The van der Waals surface area contributed by atoms with Crippen molar-refractivity contribution in [1.82, 2.24) is 0 Å². The molecule has 122 valence electrons. The van der Waals surface area contributed by atoms with Crippen LogP contribution in [0.15, 0.2) is 97.1 Å². The van der Waals surface area contributed by atoms with Crippen LogP contribution < -0.4 is 4.90 Å². The number of fused-ring (bicyclic) bond motifs is 1. The van der Waals surface area contributed by atoms with E-state index in [0.717, 1.165) is 6.42 Å². The minimum absolute atomic E-state index is 1.04. The highest BCUT2D eigenvalue weighted by atomic mass is 15.1. The van der Waals surface area contributed by atoms with Crippen LogP contribution in [0.5, 0.6) is 0 Å². The lowest BCUT2D eigenvalue weighted by Crippen LogP contribution is -2.10. The fraction of sp³-hybridized carbons (Fsp3) is 0.0833. The van der Waals surface area contributed by atoms with Crippen molar-refractivity contribution < 1.29 is 0 Å². The van der Waals surface area contributed by atoms with E-state index in [1.807, 2.05) is 0 Å². The SMILES string of the molecule is CCc1ccc(N(c2ccccc2)c2ccccc2)c2ccccc12. The van der Waals surface area contributed by atoms with Gasteiger partial charge in [0.25, 0.3) is 0 Å². The molecule has 0 radical (unpaired) electrons. The van der Waals surface area contributed by atoms with Gasteiger partial charge >= 0.3 is 0 Å². The second kappa shape index (κ2) is 6.82. The van der Waals surface area contributed by atoms with Crippen molar-refractivity contribution in [1.29, 1.82) is 0 Å². The zero-order chi connectivity index (χ0) is 17.1. The van der Waals surface area contributed by atoms with Gasteiger partial charge in [-0.15, -0.1) is 0 Å². The number of anilines is 3. The van der Waals surface area contributed by atoms with Gasteiger partial charge in [0, 0.05) is 16.8 Å². The second-order valence-electron chi connectivity index (χ2n) is 6.15. The number of nitrogens with zero attached hydrogens (tertiary/aromatic N) is 1. The Labute approximate surface area is 149 Å². The Kier molecular flexibility index (Phi) is 4.22. The van der Waals surface area contributed by atoms with E-state index < -0.39 is 0 Å². The Hall–Kier alpha value is -3.06. The van der Waals surface area contributed by atoms with Gasteiger partial charge in [0.1, 0.15) is 0 Å². The molecule has 4 aromatic rings. The molecule has 0 heterocycles. The molecule has 0 saturated heterocycles. The van der Waals surface area contributed by atoms with E-state index in [4.69, 9.17) is 0 Å². The standard InChI is InChI=1S/C24H21N/c1-2-19-17-18-24(23-16-10-9-15-22(19)23)25(20-11-5-3-6-12-20)21-13-7-4-8-14-21/h3-18H,2H2,1H3. The van der Waals surface area contributed by atoms with Crippen molar-refractivity contribution >= 4 is 27.8 Å². The van der Waals surface area contributed by atoms with Crippen LogP contribution in [0.3, 0.4) is 0 Å². The average molecular weight is 323 g/mol. The third kappa shape index (κ3) is 2.89. The maximum absolute atomic E-state index is 2.34. The molecule has 25 heavy (non-hydrogen) atoms. The van der Waals surface area contributed by atoms with Crippen molar-refractivity contribution in [3.8, 4) is 0 Å². The molecule has 0 aliphatic rings. The third-order valence-electron chi connectivity index (χ3n) is 4.64. The number of rotatable bonds is 4. The summed E-state index contributed by atoms with van der Waals surface area (Å²) in [6.45, 7) is 2.22. The summed E-state index contributed by atoms with van der Waals surface area (Å²) >= 11 is 0. The number of aryl methyl sites for hydroxylation is 1. The van der Waals surface area contributed by atoms with Gasteiger partial charge in [0.2, 0.25) is 0 Å². The lowest BCUT2D eigenvalue weighted by molar-refractivity contribution is 1.16. The summed E-state index contributed by atoms with van der Waals surface area (Å²) in [7, 11) is 0. The molecule has 0 fully saturated rings. The maximum Gasteiger partial charge on any atom is 0.0540 e.